The van der Waals surface area contributed by atoms with Crippen molar-refractivity contribution in [1.29, 1.82) is 0 Å². The van der Waals surface area contributed by atoms with Gasteiger partial charge in [0.1, 0.15) is 5.75 Å². The molecule has 0 radical (unpaired) electrons. The molecule has 21 heavy (non-hydrogen) atoms. The van der Waals surface area contributed by atoms with Crippen LogP contribution in [0.4, 0.5) is 0 Å². The summed E-state index contributed by atoms with van der Waals surface area (Å²) in [6.07, 6.45) is 0.970. The molecule has 2 rings (SSSR count). The normalized spacial score (nSPS) is 12.1. The fraction of sp³-hybridized carbons (Fsp3) is 0.368. The van der Waals surface area contributed by atoms with Gasteiger partial charge in [-0.25, -0.2) is 0 Å². The van der Waals surface area contributed by atoms with E-state index in [0.717, 1.165) is 31.9 Å². The monoisotopic (exact) mass is 283 g/mol. The quantitative estimate of drug-likeness (QED) is 0.793. The van der Waals surface area contributed by atoms with Crippen molar-refractivity contribution in [3.63, 3.8) is 0 Å². The Hall–Kier alpha value is -1.80. The van der Waals surface area contributed by atoms with Crippen LogP contribution in [-0.4, -0.2) is 19.7 Å². The summed E-state index contributed by atoms with van der Waals surface area (Å²) in [5.74, 6) is 1.48. The molecular weight excluding hydrogens is 258 g/mol. The number of benzene rings is 2. The highest BCUT2D eigenvalue weighted by Gasteiger charge is 2.03. The summed E-state index contributed by atoms with van der Waals surface area (Å²) < 4.78 is 5.83. The minimum absolute atomic E-state index is 0.522. The maximum atomic E-state index is 5.83. The van der Waals surface area contributed by atoms with Crippen LogP contribution in [0.3, 0.4) is 0 Å². The lowest BCUT2D eigenvalue weighted by Crippen LogP contribution is -2.24. The molecule has 2 aromatic rings. The summed E-state index contributed by atoms with van der Waals surface area (Å²) in [6.45, 7) is 7.09. The molecule has 2 aromatic carbocycles. The van der Waals surface area contributed by atoms with E-state index in [1.165, 1.54) is 11.1 Å². The van der Waals surface area contributed by atoms with Gasteiger partial charge in [-0.1, -0.05) is 56.3 Å². The van der Waals surface area contributed by atoms with Crippen molar-refractivity contribution in [1.82, 2.24) is 5.32 Å². The van der Waals surface area contributed by atoms with Crippen molar-refractivity contribution in [2.45, 2.75) is 20.3 Å². The van der Waals surface area contributed by atoms with E-state index in [9.17, 15) is 0 Å². The molecular formula is C19H25NO. The lowest BCUT2D eigenvalue weighted by Gasteiger charge is -2.13. The van der Waals surface area contributed by atoms with Gasteiger partial charge in [-0.2, -0.15) is 0 Å². The second kappa shape index (κ2) is 8.48. The summed E-state index contributed by atoms with van der Waals surface area (Å²) in [5, 5.41) is 3.34. The van der Waals surface area contributed by atoms with Gasteiger partial charge in [-0.15, -0.1) is 0 Å². The number of hydrogen-bond donors (Lipinski definition) is 1. The maximum absolute atomic E-state index is 5.83. The van der Waals surface area contributed by atoms with Crippen LogP contribution in [0.25, 0.3) is 0 Å². The first-order chi connectivity index (χ1) is 10.3. The van der Waals surface area contributed by atoms with Crippen LogP contribution in [0.2, 0.25) is 0 Å². The molecule has 0 aliphatic carbocycles. The maximum Gasteiger partial charge on any atom is 0.119 e. The Labute approximate surface area is 128 Å². The van der Waals surface area contributed by atoms with Gasteiger partial charge >= 0.3 is 0 Å². The molecule has 0 heterocycles. The Kier molecular flexibility index (Phi) is 6.29. The molecule has 2 heteroatoms. The standard InChI is InChI=1S/C19H25NO/c1-3-20-14-16(2)15-21-19-11-9-18(10-12-19)13-17-7-5-4-6-8-17/h4-12,16,20H,3,13-15H2,1-2H3. The molecule has 0 spiro atoms. The zero-order valence-electron chi connectivity index (χ0n) is 13.0. The molecule has 0 amide bonds. The average molecular weight is 283 g/mol. The number of ether oxygens (including phenoxy) is 1. The van der Waals surface area contributed by atoms with Crippen molar-refractivity contribution in [2.24, 2.45) is 5.92 Å². The van der Waals surface area contributed by atoms with Gasteiger partial charge in [-0.3, -0.25) is 0 Å². The predicted molar refractivity (Wildman–Crippen MR) is 88.9 cm³/mol. The van der Waals surface area contributed by atoms with Gasteiger partial charge in [0.05, 0.1) is 6.61 Å². The first kappa shape index (κ1) is 15.6. The van der Waals surface area contributed by atoms with E-state index in [1.54, 1.807) is 0 Å². The first-order valence-electron chi connectivity index (χ1n) is 7.74. The summed E-state index contributed by atoms with van der Waals surface area (Å²) >= 11 is 0. The van der Waals surface area contributed by atoms with E-state index >= 15 is 0 Å². The van der Waals surface area contributed by atoms with E-state index in [2.05, 4.69) is 73.8 Å². The minimum Gasteiger partial charge on any atom is -0.493 e. The molecule has 1 unspecified atom stereocenters. The third kappa shape index (κ3) is 5.60. The van der Waals surface area contributed by atoms with Crippen LogP contribution >= 0.6 is 0 Å². The largest absolute Gasteiger partial charge is 0.493 e. The van der Waals surface area contributed by atoms with Gasteiger partial charge < -0.3 is 10.1 Å². The van der Waals surface area contributed by atoms with E-state index in [4.69, 9.17) is 4.74 Å². The molecule has 2 nitrogen and oxygen atoms in total. The van der Waals surface area contributed by atoms with Gasteiger partial charge in [0.15, 0.2) is 0 Å². The zero-order valence-corrected chi connectivity index (χ0v) is 13.0. The lowest BCUT2D eigenvalue weighted by atomic mass is 10.1. The molecule has 1 atom stereocenters. The average Bonchev–Trinajstić information content (AvgIpc) is 2.53. The Morgan fingerprint density at radius 1 is 0.952 bits per heavy atom. The minimum atomic E-state index is 0.522. The van der Waals surface area contributed by atoms with Crippen molar-refractivity contribution in [2.75, 3.05) is 19.7 Å². The molecule has 0 saturated heterocycles. The number of nitrogens with one attached hydrogen (secondary N) is 1. The summed E-state index contributed by atoms with van der Waals surface area (Å²) in [4.78, 5) is 0. The Bertz CT molecular complexity index is 507. The third-order valence-electron chi connectivity index (χ3n) is 3.45. The highest BCUT2D eigenvalue weighted by atomic mass is 16.5. The summed E-state index contributed by atoms with van der Waals surface area (Å²) in [5.41, 5.74) is 2.65. The molecule has 0 aliphatic heterocycles. The number of hydrogen-bond acceptors (Lipinski definition) is 2. The summed E-state index contributed by atoms with van der Waals surface area (Å²) in [7, 11) is 0. The Morgan fingerprint density at radius 3 is 2.29 bits per heavy atom. The van der Waals surface area contributed by atoms with Crippen LogP contribution in [0, 0.1) is 5.92 Å². The SMILES string of the molecule is CCNCC(C)COc1ccc(Cc2ccccc2)cc1. The van der Waals surface area contributed by atoms with Gasteiger partial charge in [-0.05, 0) is 36.2 Å². The van der Waals surface area contributed by atoms with Gasteiger partial charge in [0.2, 0.25) is 0 Å². The van der Waals surface area contributed by atoms with E-state index in [1.807, 2.05) is 0 Å². The molecule has 0 fully saturated rings. The topological polar surface area (TPSA) is 21.3 Å². The molecule has 0 aromatic heterocycles. The highest BCUT2D eigenvalue weighted by Crippen LogP contribution is 2.16. The van der Waals surface area contributed by atoms with Crippen molar-refractivity contribution < 1.29 is 4.74 Å². The zero-order chi connectivity index (χ0) is 14.9. The van der Waals surface area contributed by atoms with Crippen molar-refractivity contribution in [3.05, 3.63) is 65.7 Å². The van der Waals surface area contributed by atoms with E-state index in [-0.39, 0.29) is 0 Å². The third-order valence-corrected chi connectivity index (χ3v) is 3.45. The lowest BCUT2D eigenvalue weighted by molar-refractivity contribution is 0.256. The smallest absolute Gasteiger partial charge is 0.119 e. The van der Waals surface area contributed by atoms with Gasteiger partial charge in [0.25, 0.3) is 0 Å². The summed E-state index contributed by atoms with van der Waals surface area (Å²) in [6, 6.07) is 19.0. The fourth-order valence-corrected chi connectivity index (χ4v) is 2.22. The molecule has 0 bridgehead atoms. The van der Waals surface area contributed by atoms with Crippen LogP contribution in [0.1, 0.15) is 25.0 Å². The Morgan fingerprint density at radius 2 is 1.62 bits per heavy atom. The van der Waals surface area contributed by atoms with Gasteiger partial charge in [0, 0.05) is 12.5 Å². The Balaban J connectivity index is 1.82. The number of rotatable bonds is 8. The first-order valence-corrected chi connectivity index (χ1v) is 7.74. The van der Waals surface area contributed by atoms with Crippen molar-refractivity contribution >= 4 is 0 Å². The van der Waals surface area contributed by atoms with Crippen LogP contribution in [0.15, 0.2) is 54.6 Å². The molecule has 1 N–H and O–H groups in total. The van der Waals surface area contributed by atoms with Crippen LogP contribution in [-0.2, 0) is 6.42 Å². The van der Waals surface area contributed by atoms with E-state index in [0.29, 0.717) is 5.92 Å². The molecule has 0 aliphatic rings. The van der Waals surface area contributed by atoms with E-state index < -0.39 is 0 Å². The van der Waals surface area contributed by atoms with Crippen molar-refractivity contribution in [3.8, 4) is 5.75 Å². The fourth-order valence-electron chi connectivity index (χ4n) is 2.22. The second-order valence-corrected chi connectivity index (χ2v) is 5.53. The second-order valence-electron chi connectivity index (χ2n) is 5.53. The van der Waals surface area contributed by atoms with Crippen LogP contribution < -0.4 is 10.1 Å². The highest BCUT2D eigenvalue weighted by molar-refractivity contribution is 5.31. The molecule has 112 valence electrons. The predicted octanol–water partition coefficient (Wildman–Crippen LogP) is 3.90. The van der Waals surface area contributed by atoms with Crippen LogP contribution in [0.5, 0.6) is 5.75 Å². The molecule has 0 saturated carbocycles.